The van der Waals surface area contributed by atoms with Gasteiger partial charge in [0.25, 0.3) is 0 Å². The van der Waals surface area contributed by atoms with Gasteiger partial charge in [-0.1, -0.05) is 6.92 Å². The molecule has 0 aliphatic heterocycles. The normalized spacial score (nSPS) is 13.8. The molecule has 1 amide bonds. The van der Waals surface area contributed by atoms with Crippen LogP contribution in [0.15, 0.2) is 0 Å². The van der Waals surface area contributed by atoms with Gasteiger partial charge in [0.15, 0.2) is 0 Å². The zero-order valence-corrected chi connectivity index (χ0v) is 11.4. The van der Waals surface area contributed by atoms with Crippen LogP contribution < -0.4 is 5.32 Å². The summed E-state index contributed by atoms with van der Waals surface area (Å²) in [4.78, 5) is 17.1. The van der Waals surface area contributed by atoms with E-state index in [2.05, 4.69) is 10.3 Å². The van der Waals surface area contributed by atoms with Crippen LogP contribution in [0.3, 0.4) is 0 Å². The third kappa shape index (κ3) is 3.27. The lowest BCUT2D eigenvalue weighted by molar-refractivity contribution is -0.124. The Morgan fingerprint density at radius 1 is 1.59 bits per heavy atom. The van der Waals surface area contributed by atoms with E-state index in [0.29, 0.717) is 6.42 Å². The van der Waals surface area contributed by atoms with Gasteiger partial charge < -0.3 is 5.32 Å². The molecule has 0 aliphatic carbocycles. The van der Waals surface area contributed by atoms with Crippen LogP contribution in [-0.2, 0) is 4.79 Å². The van der Waals surface area contributed by atoms with Crippen molar-refractivity contribution in [2.75, 3.05) is 0 Å². The van der Waals surface area contributed by atoms with Crippen LogP contribution >= 0.6 is 11.3 Å². The number of carbonyl (C=O) groups is 1. The standard InChI is InChI=1S/C12H17N3OS/c1-5-10(6-13)12(16)15-8(3)11-7(2)14-9(4)17-11/h8,10H,5H2,1-4H3,(H,15,16). The second kappa shape index (κ2) is 5.78. The number of carbonyl (C=O) groups excluding carboxylic acids is 1. The highest BCUT2D eigenvalue weighted by Gasteiger charge is 2.20. The van der Waals surface area contributed by atoms with Gasteiger partial charge >= 0.3 is 0 Å². The highest BCUT2D eigenvalue weighted by Crippen LogP contribution is 2.24. The summed E-state index contributed by atoms with van der Waals surface area (Å²) in [5, 5.41) is 12.7. The maximum atomic E-state index is 11.8. The molecule has 0 radical (unpaired) electrons. The first-order chi connectivity index (χ1) is 7.99. The van der Waals surface area contributed by atoms with E-state index in [-0.39, 0.29) is 11.9 Å². The zero-order chi connectivity index (χ0) is 13.0. The molecule has 1 aromatic heterocycles. The Kier molecular flexibility index (Phi) is 4.64. The molecule has 1 rings (SSSR count). The summed E-state index contributed by atoms with van der Waals surface area (Å²) < 4.78 is 0. The van der Waals surface area contributed by atoms with Crippen molar-refractivity contribution >= 4 is 17.2 Å². The summed E-state index contributed by atoms with van der Waals surface area (Å²) in [5.74, 6) is -0.764. The molecular weight excluding hydrogens is 234 g/mol. The fraction of sp³-hybridized carbons (Fsp3) is 0.583. The summed E-state index contributed by atoms with van der Waals surface area (Å²) in [6, 6.07) is 1.92. The zero-order valence-electron chi connectivity index (χ0n) is 10.6. The number of rotatable bonds is 4. The van der Waals surface area contributed by atoms with Crippen molar-refractivity contribution < 1.29 is 4.79 Å². The SMILES string of the molecule is CCC(C#N)C(=O)NC(C)c1sc(C)nc1C. The minimum Gasteiger partial charge on any atom is -0.348 e. The van der Waals surface area contributed by atoms with E-state index in [1.807, 2.05) is 33.8 Å². The fourth-order valence-corrected chi connectivity index (χ4v) is 2.59. The number of thiazole rings is 1. The third-order valence-corrected chi connectivity index (χ3v) is 3.83. The number of amides is 1. The van der Waals surface area contributed by atoms with Crippen molar-refractivity contribution in [3.8, 4) is 6.07 Å². The van der Waals surface area contributed by atoms with Crippen LogP contribution in [0.1, 0.15) is 41.9 Å². The Bertz CT molecular complexity index is 447. The fourth-order valence-electron chi connectivity index (χ4n) is 1.66. The smallest absolute Gasteiger partial charge is 0.237 e. The lowest BCUT2D eigenvalue weighted by Gasteiger charge is -2.14. The maximum Gasteiger partial charge on any atom is 0.237 e. The van der Waals surface area contributed by atoms with Crippen molar-refractivity contribution in [2.24, 2.45) is 5.92 Å². The summed E-state index contributed by atoms with van der Waals surface area (Å²) in [5.41, 5.74) is 0.949. The number of aromatic nitrogens is 1. The van der Waals surface area contributed by atoms with Crippen LogP contribution in [0, 0.1) is 31.1 Å². The number of aryl methyl sites for hydroxylation is 2. The van der Waals surface area contributed by atoms with Gasteiger partial charge in [0, 0.05) is 4.88 Å². The average molecular weight is 251 g/mol. The summed E-state index contributed by atoms with van der Waals surface area (Å²) in [7, 11) is 0. The summed E-state index contributed by atoms with van der Waals surface area (Å²) in [6.07, 6.45) is 0.537. The molecule has 0 aliphatic rings. The second-order valence-corrected chi connectivity index (χ2v) is 5.24. The van der Waals surface area contributed by atoms with Gasteiger partial charge in [-0.05, 0) is 27.2 Å². The molecule has 2 unspecified atom stereocenters. The first-order valence-corrected chi connectivity index (χ1v) is 6.45. The highest BCUT2D eigenvalue weighted by atomic mass is 32.1. The minimum atomic E-state index is -0.563. The van der Waals surface area contributed by atoms with Crippen LogP contribution in [0.5, 0.6) is 0 Å². The van der Waals surface area contributed by atoms with Crippen molar-refractivity contribution in [1.82, 2.24) is 10.3 Å². The molecular formula is C12H17N3OS. The molecule has 17 heavy (non-hydrogen) atoms. The van der Waals surface area contributed by atoms with E-state index < -0.39 is 5.92 Å². The highest BCUT2D eigenvalue weighted by molar-refractivity contribution is 7.11. The molecule has 4 nitrogen and oxygen atoms in total. The quantitative estimate of drug-likeness (QED) is 0.894. The van der Waals surface area contributed by atoms with E-state index in [9.17, 15) is 4.79 Å². The van der Waals surface area contributed by atoms with Crippen LogP contribution in [0.4, 0.5) is 0 Å². The molecule has 1 aromatic rings. The van der Waals surface area contributed by atoms with Crippen LogP contribution in [0.2, 0.25) is 0 Å². The van der Waals surface area contributed by atoms with Crippen molar-refractivity contribution in [3.63, 3.8) is 0 Å². The molecule has 0 saturated heterocycles. The predicted molar refractivity (Wildman–Crippen MR) is 67.5 cm³/mol. The first-order valence-electron chi connectivity index (χ1n) is 5.63. The van der Waals surface area contributed by atoms with Crippen LogP contribution in [0.25, 0.3) is 0 Å². The molecule has 0 saturated carbocycles. The molecule has 0 spiro atoms. The Hall–Kier alpha value is -1.41. The molecule has 0 fully saturated rings. The first kappa shape index (κ1) is 13.7. The van der Waals surface area contributed by atoms with E-state index in [1.165, 1.54) is 0 Å². The van der Waals surface area contributed by atoms with Gasteiger partial charge in [0.05, 0.1) is 22.8 Å². The molecule has 0 bridgehead atoms. The number of nitrogens with zero attached hydrogens (tertiary/aromatic N) is 2. The van der Waals surface area contributed by atoms with Crippen molar-refractivity contribution in [2.45, 2.75) is 40.2 Å². The van der Waals surface area contributed by atoms with Gasteiger partial charge in [-0.15, -0.1) is 11.3 Å². The van der Waals surface area contributed by atoms with Crippen molar-refractivity contribution in [3.05, 3.63) is 15.6 Å². The third-order valence-electron chi connectivity index (χ3n) is 2.57. The molecule has 1 N–H and O–H groups in total. The summed E-state index contributed by atoms with van der Waals surface area (Å²) in [6.45, 7) is 7.63. The van der Waals surface area contributed by atoms with Gasteiger partial charge in [-0.3, -0.25) is 4.79 Å². The monoisotopic (exact) mass is 251 g/mol. The minimum absolute atomic E-state index is 0.0869. The maximum absolute atomic E-state index is 11.8. The Morgan fingerprint density at radius 3 is 2.65 bits per heavy atom. The van der Waals surface area contributed by atoms with Gasteiger partial charge in [0.1, 0.15) is 5.92 Å². The van der Waals surface area contributed by atoms with Gasteiger partial charge in [-0.25, -0.2) is 4.98 Å². The molecule has 5 heteroatoms. The Balaban J connectivity index is 2.73. The van der Waals surface area contributed by atoms with Gasteiger partial charge in [-0.2, -0.15) is 5.26 Å². The number of nitrogens with one attached hydrogen (secondary N) is 1. The van der Waals surface area contributed by atoms with E-state index in [1.54, 1.807) is 11.3 Å². The van der Waals surface area contributed by atoms with Crippen molar-refractivity contribution in [1.29, 1.82) is 5.26 Å². The van der Waals surface area contributed by atoms with Gasteiger partial charge in [0.2, 0.25) is 5.91 Å². The lowest BCUT2D eigenvalue weighted by Crippen LogP contribution is -2.31. The Morgan fingerprint density at radius 2 is 2.24 bits per heavy atom. The van der Waals surface area contributed by atoms with E-state index in [0.717, 1.165) is 15.6 Å². The molecule has 1 heterocycles. The topological polar surface area (TPSA) is 65.8 Å². The second-order valence-electron chi connectivity index (χ2n) is 4.00. The molecule has 0 aromatic carbocycles. The van der Waals surface area contributed by atoms with Crippen LogP contribution in [-0.4, -0.2) is 10.9 Å². The largest absolute Gasteiger partial charge is 0.348 e. The number of hydrogen-bond donors (Lipinski definition) is 1. The lowest BCUT2D eigenvalue weighted by atomic mass is 10.1. The molecule has 92 valence electrons. The summed E-state index contributed by atoms with van der Waals surface area (Å²) >= 11 is 1.58. The van der Waals surface area contributed by atoms with E-state index in [4.69, 9.17) is 5.26 Å². The number of nitriles is 1. The average Bonchev–Trinajstić information content (AvgIpc) is 2.59. The number of hydrogen-bond acceptors (Lipinski definition) is 4. The Labute approximate surface area is 106 Å². The van der Waals surface area contributed by atoms with E-state index >= 15 is 0 Å². The predicted octanol–water partition coefficient (Wildman–Crippen LogP) is 2.49. The molecule has 2 atom stereocenters.